The topological polar surface area (TPSA) is 88.8 Å². The van der Waals surface area contributed by atoms with E-state index in [4.69, 9.17) is 9.15 Å². The lowest BCUT2D eigenvalue weighted by Gasteiger charge is -2.25. The van der Waals surface area contributed by atoms with E-state index in [9.17, 15) is 14.4 Å². The van der Waals surface area contributed by atoms with Crippen molar-refractivity contribution in [1.82, 2.24) is 10.2 Å². The fraction of sp³-hybridized carbons (Fsp3) is 0.167. The van der Waals surface area contributed by atoms with Gasteiger partial charge in [-0.05, 0) is 42.8 Å². The highest BCUT2D eigenvalue weighted by Gasteiger charge is 2.36. The van der Waals surface area contributed by atoms with Crippen molar-refractivity contribution in [3.8, 4) is 5.75 Å². The molecule has 3 rings (SSSR count). The number of benzene rings is 1. The Morgan fingerprint density at radius 2 is 1.92 bits per heavy atom. The van der Waals surface area contributed by atoms with Gasteiger partial charge in [-0.1, -0.05) is 12.1 Å². The van der Waals surface area contributed by atoms with Crippen molar-refractivity contribution in [2.75, 3.05) is 6.61 Å². The molecule has 0 unspecified atom stereocenters. The number of furan rings is 1. The minimum absolute atomic E-state index is 0.0500. The van der Waals surface area contributed by atoms with Crippen LogP contribution in [0.2, 0.25) is 0 Å². The molecule has 0 bridgehead atoms. The maximum Gasteiger partial charge on any atom is 0.331 e. The smallest absolute Gasteiger partial charge is 0.331 e. The van der Waals surface area contributed by atoms with Gasteiger partial charge in [0.25, 0.3) is 11.8 Å². The van der Waals surface area contributed by atoms with E-state index in [1.807, 2.05) is 6.92 Å². The average molecular weight is 340 g/mol. The summed E-state index contributed by atoms with van der Waals surface area (Å²) in [5.74, 6) is -0.254. The summed E-state index contributed by atoms with van der Waals surface area (Å²) in [5.41, 5.74) is 0.532. The second-order valence-corrected chi connectivity index (χ2v) is 5.29. The van der Waals surface area contributed by atoms with Gasteiger partial charge in [-0.2, -0.15) is 0 Å². The van der Waals surface area contributed by atoms with E-state index in [2.05, 4.69) is 5.32 Å². The lowest BCUT2D eigenvalue weighted by atomic mass is 10.1. The molecule has 4 amide bonds. The van der Waals surface area contributed by atoms with Crippen LogP contribution in [-0.2, 0) is 16.1 Å². The predicted octanol–water partition coefficient (Wildman–Crippen LogP) is 2.34. The molecule has 1 aromatic heterocycles. The molecule has 128 valence electrons. The van der Waals surface area contributed by atoms with Crippen LogP contribution < -0.4 is 10.1 Å². The maximum atomic E-state index is 12.6. The van der Waals surface area contributed by atoms with Gasteiger partial charge in [0.05, 0.1) is 19.4 Å². The molecule has 7 nitrogen and oxygen atoms in total. The lowest BCUT2D eigenvalue weighted by molar-refractivity contribution is -0.130. The highest BCUT2D eigenvalue weighted by Crippen LogP contribution is 2.19. The fourth-order valence-electron chi connectivity index (χ4n) is 2.39. The Hall–Kier alpha value is -3.35. The Labute approximate surface area is 143 Å². The third-order valence-corrected chi connectivity index (χ3v) is 3.58. The van der Waals surface area contributed by atoms with Crippen LogP contribution in [-0.4, -0.2) is 29.4 Å². The number of imide groups is 2. The second kappa shape index (κ2) is 7.04. The largest absolute Gasteiger partial charge is 0.494 e. The molecule has 1 N–H and O–H groups in total. The number of carbonyl (C=O) groups excluding carboxylic acids is 3. The van der Waals surface area contributed by atoms with E-state index >= 15 is 0 Å². The first kappa shape index (κ1) is 16.5. The van der Waals surface area contributed by atoms with Gasteiger partial charge in [-0.3, -0.25) is 19.8 Å². The Kier molecular flexibility index (Phi) is 4.65. The van der Waals surface area contributed by atoms with Gasteiger partial charge in [-0.25, -0.2) is 4.79 Å². The number of nitrogens with one attached hydrogen (secondary N) is 1. The third-order valence-electron chi connectivity index (χ3n) is 3.58. The highest BCUT2D eigenvalue weighted by molar-refractivity contribution is 6.30. The summed E-state index contributed by atoms with van der Waals surface area (Å²) in [5, 5.41) is 2.17. The Balaban J connectivity index is 1.84. The normalized spacial score (nSPS) is 16.3. The molecule has 1 aliphatic rings. The molecular formula is C18H16N2O5. The molecule has 7 heteroatoms. The summed E-state index contributed by atoms with van der Waals surface area (Å²) in [6.45, 7) is 2.38. The number of ether oxygens (including phenoxy) is 1. The molecule has 1 aromatic carbocycles. The van der Waals surface area contributed by atoms with Gasteiger partial charge >= 0.3 is 6.03 Å². The van der Waals surface area contributed by atoms with E-state index in [1.165, 1.54) is 12.3 Å². The van der Waals surface area contributed by atoms with E-state index in [1.54, 1.807) is 36.4 Å². The van der Waals surface area contributed by atoms with Crippen LogP contribution in [0.5, 0.6) is 5.75 Å². The molecule has 1 saturated heterocycles. The number of amides is 4. The van der Waals surface area contributed by atoms with Gasteiger partial charge in [0.15, 0.2) is 0 Å². The van der Waals surface area contributed by atoms with Crippen molar-refractivity contribution < 1.29 is 23.5 Å². The second-order valence-electron chi connectivity index (χ2n) is 5.29. The zero-order valence-corrected chi connectivity index (χ0v) is 13.5. The van der Waals surface area contributed by atoms with Crippen LogP contribution in [0.1, 0.15) is 18.2 Å². The van der Waals surface area contributed by atoms with Crippen LogP contribution in [0.25, 0.3) is 6.08 Å². The number of barbiturate groups is 1. The van der Waals surface area contributed by atoms with Crippen molar-refractivity contribution in [2.24, 2.45) is 0 Å². The van der Waals surface area contributed by atoms with Crippen molar-refractivity contribution in [2.45, 2.75) is 13.5 Å². The monoisotopic (exact) mass is 340 g/mol. The van der Waals surface area contributed by atoms with E-state index in [0.717, 1.165) is 4.90 Å². The molecule has 2 aromatic rings. The molecular weight excluding hydrogens is 324 g/mol. The summed E-state index contributed by atoms with van der Waals surface area (Å²) >= 11 is 0. The first-order valence-corrected chi connectivity index (χ1v) is 7.72. The number of hydrogen-bond acceptors (Lipinski definition) is 5. The van der Waals surface area contributed by atoms with Crippen LogP contribution >= 0.6 is 0 Å². The van der Waals surface area contributed by atoms with Gasteiger partial charge in [0.2, 0.25) is 0 Å². The molecule has 0 atom stereocenters. The zero-order valence-electron chi connectivity index (χ0n) is 13.5. The summed E-state index contributed by atoms with van der Waals surface area (Å²) in [6.07, 6.45) is 2.89. The first-order chi connectivity index (χ1) is 12.1. The van der Waals surface area contributed by atoms with Crippen molar-refractivity contribution in [3.63, 3.8) is 0 Å². The Morgan fingerprint density at radius 1 is 1.16 bits per heavy atom. The van der Waals surface area contributed by atoms with E-state index in [-0.39, 0.29) is 12.1 Å². The first-order valence-electron chi connectivity index (χ1n) is 7.72. The number of hydrogen-bond donors (Lipinski definition) is 1. The van der Waals surface area contributed by atoms with E-state index < -0.39 is 17.8 Å². The quantitative estimate of drug-likeness (QED) is 0.667. The Bertz CT molecular complexity index is 822. The van der Waals surface area contributed by atoms with E-state index in [0.29, 0.717) is 23.7 Å². The summed E-state index contributed by atoms with van der Waals surface area (Å²) in [6, 6.07) is 9.48. The minimum atomic E-state index is -0.768. The molecule has 1 fully saturated rings. The molecule has 0 aliphatic carbocycles. The van der Waals surface area contributed by atoms with Crippen LogP contribution in [0.3, 0.4) is 0 Å². The molecule has 1 aliphatic heterocycles. The molecule has 0 spiro atoms. The number of rotatable bonds is 5. The van der Waals surface area contributed by atoms with Crippen LogP contribution in [0.15, 0.2) is 52.7 Å². The number of urea groups is 1. The van der Waals surface area contributed by atoms with Crippen molar-refractivity contribution in [3.05, 3.63) is 59.6 Å². The Morgan fingerprint density at radius 3 is 2.56 bits per heavy atom. The van der Waals surface area contributed by atoms with Gasteiger partial charge in [0, 0.05) is 0 Å². The van der Waals surface area contributed by atoms with Crippen molar-refractivity contribution >= 4 is 23.9 Å². The maximum absolute atomic E-state index is 12.6. The summed E-state index contributed by atoms with van der Waals surface area (Å²) in [7, 11) is 0. The molecule has 25 heavy (non-hydrogen) atoms. The van der Waals surface area contributed by atoms with Crippen molar-refractivity contribution in [1.29, 1.82) is 0 Å². The average Bonchev–Trinajstić information content (AvgIpc) is 3.10. The van der Waals surface area contributed by atoms with Crippen LogP contribution in [0, 0.1) is 0 Å². The zero-order chi connectivity index (χ0) is 17.8. The standard InChI is InChI=1S/C18H16N2O5/c1-2-24-13-7-5-12(6-8-13)10-15-16(21)19-18(23)20(17(15)22)11-14-4-3-9-25-14/h3-10H,2,11H2,1H3,(H,19,21,23)/b15-10+. The minimum Gasteiger partial charge on any atom is -0.494 e. The fourth-order valence-corrected chi connectivity index (χ4v) is 2.39. The molecule has 2 heterocycles. The SMILES string of the molecule is CCOc1ccc(/C=C2\C(=O)NC(=O)N(Cc3ccco3)C2=O)cc1. The predicted molar refractivity (Wildman–Crippen MR) is 88.4 cm³/mol. The highest BCUT2D eigenvalue weighted by atomic mass is 16.5. The van der Waals surface area contributed by atoms with Crippen LogP contribution in [0.4, 0.5) is 4.79 Å². The number of carbonyl (C=O) groups is 3. The molecule has 0 saturated carbocycles. The van der Waals surface area contributed by atoms with Gasteiger partial charge in [0.1, 0.15) is 17.1 Å². The summed E-state index contributed by atoms with van der Waals surface area (Å²) in [4.78, 5) is 37.5. The third kappa shape index (κ3) is 3.60. The summed E-state index contributed by atoms with van der Waals surface area (Å²) < 4.78 is 10.5. The van der Waals surface area contributed by atoms with Gasteiger partial charge in [-0.15, -0.1) is 0 Å². The lowest BCUT2D eigenvalue weighted by Crippen LogP contribution is -2.53. The van der Waals surface area contributed by atoms with Gasteiger partial charge < -0.3 is 9.15 Å². The number of nitrogens with zero attached hydrogens (tertiary/aromatic N) is 1. The molecule has 0 radical (unpaired) electrons.